The molecule has 1 aliphatic heterocycles. The smallest absolute Gasteiger partial charge is 0.338 e. The molecular weight excluding hydrogens is 625 g/mol. The van der Waals surface area contributed by atoms with Gasteiger partial charge >= 0.3 is 16.8 Å². The molecule has 248 valence electrons. The van der Waals surface area contributed by atoms with Gasteiger partial charge in [-0.2, -0.15) is 0 Å². The van der Waals surface area contributed by atoms with Crippen LogP contribution in [0.25, 0.3) is 0 Å². The Bertz CT molecular complexity index is 1750. The van der Waals surface area contributed by atoms with Crippen molar-refractivity contribution in [3.8, 4) is 23.1 Å². The van der Waals surface area contributed by atoms with Crippen LogP contribution >= 0.6 is 11.3 Å². The predicted molar refractivity (Wildman–Crippen MR) is 175 cm³/mol. The topological polar surface area (TPSA) is 124 Å². The lowest BCUT2D eigenvalue weighted by Gasteiger charge is -2.39. The van der Waals surface area contributed by atoms with E-state index in [1.807, 2.05) is 31.2 Å². The van der Waals surface area contributed by atoms with Gasteiger partial charge in [0.05, 0.1) is 17.0 Å². The molecule has 2 heterocycles. The number of ether oxygens (including phenoxy) is 4. The summed E-state index contributed by atoms with van der Waals surface area (Å²) in [5, 5.41) is 9.86. The molecule has 11 heteroatoms. The van der Waals surface area contributed by atoms with Crippen LogP contribution in [-0.4, -0.2) is 34.2 Å². The zero-order chi connectivity index (χ0) is 33.4. The van der Waals surface area contributed by atoms with Crippen molar-refractivity contribution in [2.24, 2.45) is 0 Å². The van der Waals surface area contributed by atoms with Crippen LogP contribution in [0.2, 0.25) is 0 Å². The standard InChI is InChI=1S/C36H38FNO8S/c1-3-4-5-6-10-32(39)44-27-15-16-29-28(21-27)30(45-34(41)24-8-7-9-25(37)20-24)22-36(2,46-29)17-18-43-26-13-11-23(12-14-26)19-31-33(40)38-35(42)47-31/h7-9,11-16,20-21,30,40H,3-6,10,17-19,22H2,1-2H3,(H,38,42). The van der Waals surface area contributed by atoms with Crippen molar-refractivity contribution >= 4 is 23.3 Å². The fourth-order valence-electron chi connectivity index (χ4n) is 5.44. The maximum absolute atomic E-state index is 13.9. The maximum atomic E-state index is 13.9. The first-order valence-corrected chi connectivity index (χ1v) is 16.6. The summed E-state index contributed by atoms with van der Waals surface area (Å²) < 4.78 is 37.8. The molecule has 47 heavy (non-hydrogen) atoms. The van der Waals surface area contributed by atoms with Crippen molar-refractivity contribution in [1.82, 2.24) is 4.98 Å². The van der Waals surface area contributed by atoms with E-state index in [1.165, 1.54) is 18.2 Å². The van der Waals surface area contributed by atoms with Gasteiger partial charge in [-0.25, -0.2) is 9.18 Å². The van der Waals surface area contributed by atoms with Gasteiger partial charge in [0.1, 0.15) is 34.8 Å². The summed E-state index contributed by atoms with van der Waals surface area (Å²) in [7, 11) is 0. The monoisotopic (exact) mass is 663 g/mol. The lowest BCUT2D eigenvalue weighted by atomic mass is 9.87. The zero-order valence-electron chi connectivity index (χ0n) is 26.4. The molecule has 0 aliphatic carbocycles. The Balaban J connectivity index is 1.26. The Labute approximate surface area is 276 Å². The minimum atomic E-state index is -0.791. The van der Waals surface area contributed by atoms with Crippen LogP contribution in [0.4, 0.5) is 4.39 Å². The molecule has 0 fully saturated rings. The second-order valence-electron chi connectivity index (χ2n) is 11.9. The molecule has 3 aromatic carbocycles. The Morgan fingerprint density at radius 1 is 1.06 bits per heavy atom. The highest BCUT2D eigenvalue weighted by Gasteiger charge is 2.40. The molecule has 0 radical (unpaired) electrons. The minimum Gasteiger partial charge on any atom is -0.494 e. The molecule has 0 saturated carbocycles. The van der Waals surface area contributed by atoms with Crippen LogP contribution in [0.3, 0.4) is 0 Å². The molecule has 9 nitrogen and oxygen atoms in total. The van der Waals surface area contributed by atoms with Crippen LogP contribution in [-0.2, 0) is 16.0 Å². The number of carbonyl (C=O) groups excluding carboxylic acids is 2. The van der Waals surface area contributed by atoms with E-state index < -0.39 is 23.5 Å². The van der Waals surface area contributed by atoms with Crippen LogP contribution < -0.4 is 19.1 Å². The van der Waals surface area contributed by atoms with Crippen LogP contribution in [0.1, 0.15) is 91.3 Å². The summed E-state index contributed by atoms with van der Waals surface area (Å²) in [5.74, 6) is -0.225. The fourth-order valence-corrected chi connectivity index (χ4v) is 6.20. The fraction of sp³-hybridized carbons (Fsp3) is 0.361. The van der Waals surface area contributed by atoms with Gasteiger partial charge in [0.25, 0.3) is 0 Å². The Morgan fingerprint density at radius 2 is 1.85 bits per heavy atom. The highest BCUT2D eigenvalue weighted by molar-refractivity contribution is 7.09. The summed E-state index contributed by atoms with van der Waals surface area (Å²) in [4.78, 5) is 39.7. The number of benzene rings is 3. The number of halogens is 1. The summed E-state index contributed by atoms with van der Waals surface area (Å²) in [5.41, 5.74) is 0.757. The first kappa shape index (κ1) is 33.7. The maximum Gasteiger partial charge on any atom is 0.338 e. The highest BCUT2D eigenvalue weighted by atomic mass is 32.1. The van der Waals surface area contributed by atoms with Gasteiger partial charge in [0.2, 0.25) is 5.88 Å². The van der Waals surface area contributed by atoms with E-state index in [-0.39, 0.29) is 28.7 Å². The highest BCUT2D eigenvalue weighted by Crippen LogP contribution is 2.45. The first-order chi connectivity index (χ1) is 22.6. The van der Waals surface area contributed by atoms with Crippen molar-refractivity contribution in [2.75, 3.05) is 6.61 Å². The molecule has 1 aliphatic rings. The molecule has 5 rings (SSSR count). The molecule has 2 atom stereocenters. The van der Waals surface area contributed by atoms with Gasteiger partial charge in [0.15, 0.2) is 0 Å². The number of aromatic hydroxyl groups is 1. The number of aromatic amines is 1. The van der Waals surface area contributed by atoms with Crippen molar-refractivity contribution in [3.05, 3.63) is 104 Å². The number of thiazole rings is 1. The molecular formula is C36H38FNO8S. The van der Waals surface area contributed by atoms with E-state index in [0.717, 1.165) is 48.6 Å². The van der Waals surface area contributed by atoms with Crippen molar-refractivity contribution in [3.63, 3.8) is 0 Å². The van der Waals surface area contributed by atoms with E-state index in [0.29, 0.717) is 53.6 Å². The number of carbonyl (C=O) groups is 2. The number of nitrogens with one attached hydrogen (secondary N) is 1. The van der Waals surface area contributed by atoms with Gasteiger partial charge in [-0.1, -0.05) is 55.7 Å². The first-order valence-electron chi connectivity index (χ1n) is 15.7. The number of esters is 2. The normalized spacial score (nSPS) is 17.0. The van der Waals surface area contributed by atoms with Gasteiger partial charge in [-0.15, -0.1) is 0 Å². The van der Waals surface area contributed by atoms with Gasteiger partial charge in [-0.3, -0.25) is 14.6 Å². The number of hydrogen-bond donors (Lipinski definition) is 2. The van der Waals surface area contributed by atoms with E-state index in [4.69, 9.17) is 18.9 Å². The van der Waals surface area contributed by atoms with Crippen LogP contribution in [0.5, 0.6) is 23.1 Å². The summed E-state index contributed by atoms with van der Waals surface area (Å²) in [6.45, 7) is 4.31. The van der Waals surface area contributed by atoms with Gasteiger partial charge in [-0.05, 0) is 67.4 Å². The van der Waals surface area contributed by atoms with Crippen molar-refractivity contribution in [2.45, 2.75) is 76.9 Å². The summed E-state index contributed by atoms with van der Waals surface area (Å²) in [6.07, 6.45) is 4.53. The third kappa shape index (κ3) is 9.22. The summed E-state index contributed by atoms with van der Waals surface area (Å²) in [6, 6.07) is 17.7. The lowest BCUT2D eigenvalue weighted by molar-refractivity contribution is -0.134. The predicted octanol–water partition coefficient (Wildman–Crippen LogP) is 7.66. The largest absolute Gasteiger partial charge is 0.494 e. The van der Waals surface area contributed by atoms with Crippen molar-refractivity contribution in [1.29, 1.82) is 0 Å². The zero-order valence-corrected chi connectivity index (χ0v) is 27.2. The molecule has 2 unspecified atom stereocenters. The average molecular weight is 664 g/mol. The lowest BCUT2D eigenvalue weighted by Crippen LogP contribution is -2.40. The molecule has 0 bridgehead atoms. The molecule has 2 N–H and O–H groups in total. The van der Waals surface area contributed by atoms with E-state index >= 15 is 0 Å². The number of hydrogen-bond acceptors (Lipinski definition) is 9. The van der Waals surface area contributed by atoms with Gasteiger partial charge in [0, 0.05) is 31.2 Å². The summed E-state index contributed by atoms with van der Waals surface area (Å²) >= 11 is 0.972. The average Bonchev–Trinajstić information content (AvgIpc) is 3.36. The minimum absolute atomic E-state index is 0.0853. The number of H-pyrrole nitrogens is 1. The number of fused-ring (bicyclic) bond motifs is 1. The number of aromatic nitrogens is 1. The number of unbranched alkanes of at least 4 members (excludes halogenated alkanes) is 3. The van der Waals surface area contributed by atoms with Crippen LogP contribution in [0.15, 0.2) is 71.5 Å². The molecule has 4 aromatic rings. The SMILES string of the molecule is CCCCCCC(=O)Oc1ccc2c(c1)C(OC(=O)c1cccc(F)c1)CC(C)(CCOc1ccc(Cc3sc(=O)[nH]c3O)cc1)O2. The van der Waals surface area contributed by atoms with Crippen LogP contribution in [0, 0.1) is 5.82 Å². The van der Waals surface area contributed by atoms with E-state index in [1.54, 1.807) is 18.2 Å². The molecule has 0 saturated heterocycles. The van der Waals surface area contributed by atoms with E-state index in [9.17, 15) is 23.9 Å². The van der Waals surface area contributed by atoms with Crippen molar-refractivity contribution < 1.29 is 38.0 Å². The van der Waals surface area contributed by atoms with E-state index in [2.05, 4.69) is 11.9 Å². The number of rotatable bonds is 14. The Morgan fingerprint density at radius 3 is 2.57 bits per heavy atom. The quantitative estimate of drug-likeness (QED) is 0.0801. The second-order valence-corrected chi connectivity index (χ2v) is 12.9. The molecule has 1 aromatic heterocycles. The second kappa shape index (κ2) is 15.3. The molecule has 0 amide bonds. The Hall–Kier alpha value is -4.64. The third-order valence-corrected chi connectivity index (χ3v) is 8.84. The molecule has 0 spiro atoms. The van der Waals surface area contributed by atoms with Gasteiger partial charge < -0.3 is 24.1 Å². The Kier molecular flexibility index (Phi) is 11.0. The third-order valence-electron chi connectivity index (χ3n) is 7.97.